The monoisotopic (exact) mass is 246 g/mol. The molecule has 2 aromatic rings. The molecule has 0 unspecified atom stereocenters. The van der Waals surface area contributed by atoms with E-state index in [9.17, 15) is 0 Å². The Morgan fingerprint density at radius 2 is 2.06 bits per heavy atom. The number of nitriles is 1. The molecule has 0 amide bonds. The van der Waals surface area contributed by atoms with E-state index in [0.717, 1.165) is 5.56 Å². The minimum atomic E-state index is 0.121. The molecule has 1 heterocycles. The molecular weight excluding hydrogens is 236 g/mol. The van der Waals surface area contributed by atoms with E-state index in [1.807, 2.05) is 38.1 Å². The molecule has 0 fully saturated rings. The van der Waals surface area contributed by atoms with E-state index in [4.69, 9.17) is 16.9 Å². The molecule has 86 valence electrons. The van der Waals surface area contributed by atoms with E-state index < -0.39 is 0 Å². The molecule has 1 aromatic heterocycles. The molecule has 0 aliphatic carbocycles. The van der Waals surface area contributed by atoms with E-state index in [2.05, 4.69) is 10.3 Å². The molecule has 1 aromatic carbocycles. The number of benzene rings is 1. The minimum Gasteiger partial charge on any atom is -0.241 e. The van der Waals surface area contributed by atoms with Gasteiger partial charge in [0.05, 0.1) is 5.02 Å². The SMILES string of the molecule is CC(C)n1nnc(C#N)c1-c1ccccc1Cl. The average Bonchev–Trinajstić information content (AvgIpc) is 2.73. The van der Waals surface area contributed by atoms with Gasteiger partial charge in [-0.3, -0.25) is 0 Å². The number of rotatable bonds is 2. The van der Waals surface area contributed by atoms with Crippen molar-refractivity contribution in [1.82, 2.24) is 15.0 Å². The third-order valence-electron chi connectivity index (χ3n) is 2.42. The van der Waals surface area contributed by atoms with Gasteiger partial charge in [0.2, 0.25) is 0 Å². The smallest absolute Gasteiger partial charge is 0.190 e. The van der Waals surface area contributed by atoms with Crippen LogP contribution in [0.4, 0.5) is 0 Å². The predicted molar refractivity (Wildman–Crippen MR) is 65.6 cm³/mol. The fraction of sp³-hybridized carbons (Fsp3) is 0.250. The summed E-state index contributed by atoms with van der Waals surface area (Å²) in [4.78, 5) is 0. The molecule has 17 heavy (non-hydrogen) atoms. The van der Waals surface area contributed by atoms with Crippen LogP contribution in [0.2, 0.25) is 5.02 Å². The first-order chi connectivity index (χ1) is 8.15. The highest BCUT2D eigenvalue weighted by Crippen LogP contribution is 2.30. The van der Waals surface area contributed by atoms with Crippen LogP contribution in [0.25, 0.3) is 11.3 Å². The molecule has 0 saturated heterocycles. The summed E-state index contributed by atoms with van der Waals surface area (Å²) in [6.07, 6.45) is 0. The van der Waals surface area contributed by atoms with Gasteiger partial charge in [0.1, 0.15) is 11.8 Å². The zero-order valence-corrected chi connectivity index (χ0v) is 10.3. The summed E-state index contributed by atoms with van der Waals surface area (Å²) < 4.78 is 1.71. The topological polar surface area (TPSA) is 54.5 Å². The summed E-state index contributed by atoms with van der Waals surface area (Å²) in [5.41, 5.74) is 1.75. The second-order valence-electron chi connectivity index (χ2n) is 3.92. The van der Waals surface area contributed by atoms with Crippen LogP contribution in [0.3, 0.4) is 0 Å². The Kier molecular flexibility index (Phi) is 3.12. The van der Waals surface area contributed by atoms with E-state index in [0.29, 0.717) is 16.4 Å². The molecule has 0 aliphatic heterocycles. The van der Waals surface area contributed by atoms with Crippen molar-refractivity contribution in [3.8, 4) is 17.3 Å². The fourth-order valence-corrected chi connectivity index (χ4v) is 1.86. The Bertz CT molecular complexity index is 580. The quantitative estimate of drug-likeness (QED) is 0.818. The van der Waals surface area contributed by atoms with Gasteiger partial charge >= 0.3 is 0 Å². The molecule has 0 saturated carbocycles. The highest BCUT2D eigenvalue weighted by Gasteiger charge is 2.18. The second-order valence-corrected chi connectivity index (χ2v) is 4.32. The van der Waals surface area contributed by atoms with Gasteiger partial charge in [-0.2, -0.15) is 5.26 Å². The zero-order valence-electron chi connectivity index (χ0n) is 9.55. The molecular formula is C12H11ClN4. The number of nitrogens with zero attached hydrogens (tertiary/aromatic N) is 4. The largest absolute Gasteiger partial charge is 0.241 e. The number of hydrogen-bond acceptors (Lipinski definition) is 3. The van der Waals surface area contributed by atoms with E-state index in [-0.39, 0.29) is 6.04 Å². The first-order valence-corrected chi connectivity index (χ1v) is 5.63. The van der Waals surface area contributed by atoms with Crippen LogP contribution in [0, 0.1) is 11.3 Å². The van der Waals surface area contributed by atoms with Gasteiger partial charge in [0.15, 0.2) is 5.69 Å². The van der Waals surface area contributed by atoms with Gasteiger partial charge in [0.25, 0.3) is 0 Å². The van der Waals surface area contributed by atoms with Crippen molar-refractivity contribution in [2.45, 2.75) is 19.9 Å². The lowest BCUT2D eigenvalue weighted by Crippen LogP contribution is -2.05. The summed E-state index contributed by atoms with van der Waals surface area (Å²) in [6.45, 7) is 3.96. The van der Waals surface area contributed by atoms with E-state index >= 15 is 0 Å². The molecule has 2 rings (SSSR count). The lowest BCUT2D eigenvalue weighted by Gasteiger charge is -2.10. The van der Waals surface area contributed by atoms with Crippen molar-refractivity contribution in [3.63, 3.8) is 0 Å². The average molecular weight is 247 g/mol. The Morgan fingerprint density at radius 3 is 2.65 bits per heavy atom. The van der Waals surface area contributed by atoms with Gasteiger partial charge < -0.3 is 0 Å². The van der Waals surface area contributed by atoms with Crippen molar-refractivity contribution in [1.29, 1.82) is 5.26 Å². The number of halogens is 1. The van der Waals surface area contributed by atoms with Crippen LogP contribution in [-0.4, -0.2) is 15.0 Å². The van der Waals surface area contributed by atoms with E-state index in [1.54, 1.807) is 10.7 Å². The fourth-order valence-electron chi connectivity index (χ4n) is 1.63. The van der Waals surface area contributed by atoms with Crippen molar-refractivity contribution >= 4 is 11.6 Å². The van der Waals surface area contributed by atoms with Gasteiger partial charge in [-0.05, 0) is 19.9 Å². The summed E-state index contributed by atoms with van der Waals surface area (Å²) in [7, 11) is 0. The summed E-state index contributed by atoms with van der Waals surface area (Å²) >= 11 is 6.14. The molecule has 0 atom stereocenters. The first-order valence-electron chi connectivity index (χ1n) is 5.25. The lowest BCUT2D eigenvalue weighted by molar-refractivity contribution is 0.519. The van der Waals surface area contributed by atoms with Crippen molar-refractivity contribution in [2.75, 3.05) is 0 Å². The van der Waals surface area contributed by atoms with Crippen LogP contribution in [0.15, 0.2) is 24.3 Å². The van der Waals surface area contributed by atoms with Gasteiger partial charge in [0, 0.05) is 11.6 Å². The van der Waals surface area contributed by atoms with Crippen LogP contribution >= 0.6 is 11.6 Å². The highest BCUT2D eigenvalue weighted by molar-refractivity contribution is 6.33. The molecule has 5 heteroatoms. The van der Waals surface area contributed by atoms with Crippen molar-refractivity contribution < 1.29 is 0 Å². The Labute approximate surface area is 104 Å². The molecule has 0 radical (unpaired) electrons. The molecule has 0 aliphatic rings. The van der Waals surface area contributed by atoms with Gasteiger partial charge in [-0.15, -0.1) is 5.10 Å². The Balaban J connectivity index is 2.70. The normalized spacial score (nSPS) is 10.5. The van der Waals surface area contributed by atoms with Gasteiger partial charge in [-0.1, -0.05) is 35.0 Å². The maximum atomic E-state index is 9.06. The van der Waals surface area contributed by atoms with Crippen molar-refractivity contribution in [2.24, 2.45) is 0 Å². The van der Waals surface area contributed by atoms with Crippen LogP contribution in [0.5, 0.6) is 0 Å². The summed E-state index contributed by atoms with van der Waals surface area (Å²) in [5.74, 6) is 0. The van der Waals surface area contributed by atoms with Crippen molar-refractivity contribution in [3.05, 3.63) is 35.0 Å². The predicted octanol–water partition coefficient (Wildman–Crippen LogP) is 3.05. The zero-order chi connectivity index (χ0) is 12.4. The first kappa shape index (κ1) is 11.6. The highest BCUT2D eigenvalue weighted by atomic mass is 35.5. The number of hydrogen-bond donors (Lipinski definition) is 0. The van der Waals surface area contributed by atoms with Crippen LogP contribution in [0.1, 0.15) is 25.6 Å². The standard InChI is InChI=1S/C12H11ClN4/c1-8(2)17-12(11(7-14)15-16-17)9-5-3-4-6-10(9)13/h3-6,8H,1-2H3. The summed E-state index contributed by atoms with van der Waals surface area (Å²) in [5, 5.41) is 17.5. The Hall–Kier alpha value is -1.86. The molecule has 0 bridgehead atoms. The van der Waals surface area contributed by atoms with Crippen LogP contribution < -0.4 is 0 Å². The van der Waals surface area contributed by atoms with Gasteiger partial charge in [-0.25, -0.2) is 4.68 Å². The molecule has 0 N–H and O–H groups in total. The maximum absolute atomic E-state index is 9.06. The minimum absolute atomic E-state index is 0.121. The van der Waals surface area contributed by atoms with Crippen LogP contribution in [-0.2, 0) is 0 Å². The van der Waals surface area contributed by atoms with E-state index in [1.165, 1.54) is 0 Å². The Morgan fingerprint density at radius 1 is 1.35 bits per heavy atom. The second kappa shape index (κ2) is 4.56. The maximum Gasteiger partial charge on any atom is 0.190 e. The summed E-state index contributed by atoms with van der Waals surface area (Å²) in [6, 6.07) is 9.54. The number of aromatic nitrogens is 3. The molecule has 0 spiro atoms. The third kappa shape index (κ3) is 2.02. The molecule has 4 nitrogen and oxygen atoms in total. The lowest BCUT2D eigenvalue weighted by atomic mass is 10.1. The third-order valence-corrected chi connectivity index (χ3v) is 2.75.